The summed E-state index contributed by atoms with van der Waals surface area (Å²) in [5.41, 5.74) is 2.19. The molecule has 0 amide bonds. The highest BCUT2D eigenvalue weighted by atomic mass is 19.4. The van der Waals surface area contributed by atoms with Gasteiger partial charge in [0.2, 0.25) is 5.95 Å². The highest BCUT2D eigenvalue weighted by Crippen LogP contribution is 2.35. The van der Waals surface area contributed by atoms with Crippen LogP contribution in [0.4, 0.5) is 24.8 Å². The molecular weight excluding hydrogens is 481 g/mol. The summed E-state index contributed by atoms with van der Waals surface area (Å²) in [5, 5.41) is 13.0. The molecule has 0 saturated heterocycles. The second kappa shape index (κ2) is 10.4. The number of fused-ring (bicyclic) bond motifs is 1. The van der Waals surface area contributed by atoms with E-state index in [2.05, 4.69) is 35.1 Å². The van der Waals surface area contributed by atoms with Gasteiger partial charge in [-0.2, -0.15) is 18.4 Å². The number of rotatable bonds is 8. The van der Waals surface area contributed by atoms with Gasteiger partial charge in [0.05, 0.1) is 29.1 Å². The van der Waals surface area contributed by atoms with Crippen molar-refractivity contribution in [3.05, 3.63) is 65.6 Å². The number of hydrogen-bond donors (Lipinski definition) is 2. The van der Waals surface area contributed by atoms with E-state index < -0.39 is 11.7 Å². The van der Waals surface area contributed by atoms with Crippen LogP contribution < -0.4 is 10.2 Å². The van der Waals surface area contributed by atoms with E-state index in [0.717, 1.165) is 36.6 Å². The fourth-order valence-electron chi connectivity index (χ4n) is 3.87. The summed E-state index contributed by atoms with van der Waals surface area (Å²) < 4.78 is 39.8. The third kappa shape index (κ3) is 5.81. The Hall–Kier alpha value is -4.17. The number of hydrogen-bond acceptors (Lipinski definition) is 7. The number of H-pyrrole nitrogens is 1. The highest BCUT2D eigenvalue weighted by molar-refractivity contribution is 5.94. The minimum Gasteiger partial charge on any atom is -0.373 e. The average Bonchev–Trinajstić information content (AvgIpc) is 3.30. The average molecular weight is 509 g/mol. The van der Waals surface area contributed by atoms with Gasteiger partial charge in [-0.15, -0.1) is 0 Å². The topological polar surface area (TPSA) is 96.8 Å². The molecule has 0 aliphatic heterocycles. The Morgan fingerprint density at radius 3 is 2.46 bits per heavy atom. The molecule has 1 atom stereocenters. The normalized spacial score (nSPS) is 12.5. The highest BCUT2D eigenvalue weighted by Gasteiger charge is 2.31. The van der Waals surface area contributed by atoms with E-state index in [1.54, 1.807) is 0 Å². The number of aromatic nitrogens is 4. The number of alkyl halides is 3. The second-order valence-corrected chi connectivity index (χ2v) is 9.07. The Morgan fingerprint density at radius 2 is 1.81 bits per heavy atom. The molecule has 0 aliphatic rings. The first-order valence-electron chi connectivity index (χ1n) is 11.6. The minimum atomic E-state index is -4.54. The maximum atomic E-state index is 13.3. The van der Waals surface area contributed by atoms with Gasteiger partial charge < -0.3 is 20.1 Å². The van der Waals surface area contributed by atoms with Crippen LogP contribution in [0.1, 0.15) is 29.7 Å². The fourth-order valence-corrected chi connectivity index (χ4v) is 3.87. The number of nitrogens with one attached hydrogen (secondary N) is 2. The predicted molar refractivity (Wildman–Crippen MR) is 137 cm³/mol. The van der Waals surface area contributed by atoms with E-state index >= 15 is 0 Å². The van der Waals surface area contributed by atoms with Crippen LogP contribution in [0.5, 0.6) is 0 Å². The van der Waals surface area contributed by atoms with Gasteiger partial charge in [-0.25, -0.2) is 15.0 Å². The zero-order chi connectivity index (χ0) is 26.7. The molecule has 4 rings (SSSR count). The predicted octanol–water partition coefficient (Wildman–Crippen LogP) is 5.08. The number of nitriles is 1. The lowest BCUT2D eigenvalue weighted by atomic mass is 10.1. The van der Waals surface area contributed by atoms with Crippen LogP contribution in [0.3, 0.4) is 0 Å². The van der Waals surface area contributed by atoms with E-state index in [1.807, 2.05) is 58.4 Å². The smallest absolute Gasteiger partial charge is 0.373 e. The van der Waals surface area contributed by atoms with Crippen molar-refractivity contribution in [3.63, 3.8) is 0 Å². The van der Waals surface area contributed by atoms with Crippen LogP contribution >= 0.6 is 0 Å². The molecule has 0 fully saturated rings. The van der Waals surface area contributed by atoms with E-state index in [-0.39, 0.29) is 34.3 Å². The molecule has 0 saturated carbocycles. The maximum Gasteiger partial charge on any atom is 0.417 e. The van der Waals surface area contributed by atoms with Crippen LogP contribution in [0.15, 0.2) is 48.9 Å². The molecule has 1 aromatic carbocycles. The van der Waals surface area contributed by atoms with Crippen LogP contribution in [0, 0.1) is 11.3 Å². The van der Waals surface area contributed by atoms with Crippen molar-refractivity contribution < 1.29 is 13.2 Å². The Labute approximate surface area is 212 Å². The Morgan fingerprint density at radius 1 is 1.08 bits per heavy atom. The van der Waals surface area contributed by atoms with Crippen molar-refractivity contribution in [3.8, 4) is 17.3 Å². The van der Waals surface area contributed by atoms with Gasteiger partial charge in [0.25, 0.3) is 0 Å². The summed E-state index contributed by atoms with van der Waals surface area (Å²) in [6, 6.07) is 11.0. The van der Waals surface area contributed by atoms with Gasteiger partial charge in [-0.1, -0.05) is 12.1 Å². The van der Waals surface area contributed by atoms with Gasteiger partial charge in [-0.05, 0) is 44.8 Å². The summed E-state index contributed by atoms with van der Waals surface area (Å²) in [6.45, 7) is 3.80. The Balaban J connectivity index is 1.59. The summed E-state index contributed by atoms with van der Waals surface area (Å²) in [6.07, 6.45) is -0.911. The van der Waals surface area contributed by atoms with Crippen LogP contribution in [-0.2, 0) is 6.18 Å². The van der Waals surface area contributed by atoms with Crippen molar-refractivity contribution in [1.29, 1.82) is 5.26 Å². The van der Waals surface area contributed by atoms with Crippen LogP contribution in [-0.4, -0.2) is 59.1 Å². The van der Waals surface area contributed by atoms with Crippen LogP contribution in [0.25, 0.3) is 22.3 Å². The summed E-state index contributed by atoms with van der Waals surface area (Å²) in [7, 11) is 6.12. The monoisotopic (exact) mass is 508 g/mol. The molecule has 11 heteroatoms. The van der Waals surface area contributed by atoms with E-state index in [4.69, 9.17) is 0 Å². The van der Waals surface area contributed by atoms with Crippen molar-refractivity contribution >= 4 is 22.7 Å². The lowest BCUT2D eigenvalue weighted by molar-refractivity contribution is -0.137. The third-order valence-corrected chi connectivity index (χ3v) is 6.08. The molecule has 0 aliphatic carbocycles. The second-order valence-electron chi connectivity index (χ2n) is 9.07. The molecule has 0 radical (unpaired) electrons. The van der Waals surface area contributed by atoms with Crippen molar-refractivity contribution in [2.24, 2.45) is 0 Å². The molecule has 0 bridgehead atoms. The van der Waals surface area contributed by atoms with Crippen molar-refractivity contribution in [2.75, 3.05) is 44.4 Å². The summed E-state index contributed by atoms with van der Waals surface area (Å²) in [5.74, 6) is 0.253. The molecular formula is C26H27F3N8. The number of halogens is 3. The quantitative estimate of drug-likeness (QED) is 0.343. The number of likely N-dealkylation sites (N-methyl/N-ethyl adjacent to an activating group) is 2. The first-order valence-corrected chi connectivity index (χ1v) is 11.6. The van der Waals surface area contributed by atoms with Gasteiger partial charge in [-0.3, -0.25) is 0 Å². The van der Waals surface area contributed by atoms with Gasteiger partial charge >= 0.3 is 6.18 Å². The molecule has 37 heavy (non-hydrogen) atoms. The largest absolute Gasteiger partial charge is 0.417 e. The number of anilines is 2. The van der Waals surface area contributed by atoms with Crippen molar-refractivity contribution in [1.82, 2.24) is 24.8 Å². The molecule has 8 nitrogen and oxygen atoms in total. The first kappa shape index (κ1) is 25.9. The molecule has 192 valence electrons. The number of benzene rings is 1. The Kier molecular flexibility index (Phi) is 7.31. The standard InChI is InChI=1S/C26H27F3N8/c1-16(17-5-7-20(8-6-17)37(4)10-9-36(2)3)34-25-33-13-18(12-30)23(35-25)22-15-32-24-21(22)11-19(14-31-24)26(27,28)29/h5-8,11,13-16H,9-10H2,1-4H3,(H,31,32)(H,33,34,35)/t16-/m1/s1. The number of pyridine rings is 1. The van der Waals surface area contributed by atoms with Gasteiger partial charge in [0.15, 0.2) is 0 Å². The molecule has 0 unspecified atom stereocenters. The molecule has 3 aromatic heterocycles. The van der Waals surface area contributed by atoms with E-state index in [1.165, 1.54) is 12.4 Å². The lowest BCUT2D eigenvalue weighted by Crippen LogP contribution is -2.28. The zero-order valence-electron chi connectivity index (χ0n) is 20.9. The number of aromatic amines is 1. The SMILES string of the molecule is C[C@@H](Nc1ncc(C#N)c(-c2c[nH]c3ncc(C(F)(F)F)cc23)n1)c1ccc(N(C)CCN(C)C)cc1. The van der Waals surface area contributed by atoms with Gasteiger partial charge in [0.1, 0.15) is 11.7 Å². The van der Waals surface area contributed by atoms with Crippen molar-refractivity contribution in [2.45, 2.75) is 19.1 Å². The molecule has 4 aromatic rings. The maximum absolute atomic E-state index is 13.3. The third-order valence-electron chi connectivity index (χ3n) is 6.08. The van der Waals surface area contributed by atoms with Gasteiger partial charge in [0, 0.05) is 49.2 Å². The Bertz CT molecular complexity index is 1420. The number of nitrogens with zero attached hydrogens (tertiary/aromatic N) is 6. The first-order chi connectivity index (χ1) is 17.6. The van der Waals surface area contributed by atoms with E-state index in [0.29, 0.717) is 5.56 Å². The molecule has 2 N–H and O–H groups in total. The molecule has 3 heterocycles. The molecule has 0 spiro atoms. The minimum absolute atomic E-state index is 0.140. The summed E-state index contributed by atoms with van der Waals surface area (Å²) in [4.78, 5) is 19.8. The van der Waals surface area contributed by atoms with E-state index in [9.17, 15) is 18.4 Å². The summed E-state index contributed by atoms with van der Waals surface area (Å²) >= 11 is 0. The fraction of sp³-hybridized carbons (Fsp3) is 0.308. The lowest BCUT2D eigenvalue weighted by Gasteiger charge is -2.22. The van der Waals surface area contributed by atoms with Crippen LogP contribution in [0.2, 0.25) is 0 Å². The zero-order valence-corrected chi connectivity index (χ0v) is 20.9.